The number of thiazole rings is 1. The standard InChI is InChI=1S/C12H18N2O3S/c1-4-17-11(15)10-8(2)18-12(13-10)14(3)9-5-6-16-7-9/h9H,4-7H2,1-3H3. The number of hydrogen-bond acceptors (Lipinski definition) is 6. The fourth-order valence-corrected chi connectivity index (χ4v) is 2.84. The Kier molecular flexibility index (Phi) is 4.19. The molecule has 5 nitrogen and oxygen atoms in total. The highest BCUT2D eigenvalue weighted by atomic mass is 32.1. The number of ether oxygens (including phenoxy) is 2. The first kappa shape index (κ1) is 13.3. The van der Waals surface area contributed by atoms with Gasteiger partial charge in [-0.3, -0.25) is 0 Å². The van der Waals surface area contributed by atoms with Gasteiger partial charge in [0.1, 0.15) is 0 Å². The van der Waals surface area contributed by atoms with Gasteiger partial charge in [0.05, 0.1) is 19.3 Å². The van der Waals surface area contributed by atoms with Crippen LogP contribution in [0.25, 0.3) is 0 Å². The van der Waals surface area contributed by atoms with Gasteiger partial charge in [0.2, 0.25) is 0 Å². The molecular formula is C12H18N2O3S. The van der Waals surface area contributed by atoms with Crippen molar-refractivity contribution in [2.45, 2.75) is 26.3 Å². The summed E-state index contributed by atoms with van der Waals surface area (Å²) in [6.45, 7) is 5.58. The lowest BCUT2D eigenvalue weighted by Crippen LogP contribution is -2.31. The lowest BCUT2D eigenvalue weighted by atomic mass is 10.2. The molecule has 2 heterocycles. The van der Waals surface area contributed by atoms with Crippen LogP contribution in [0.2, 0.25) is 0 Å². The molecule has 0 amide bonds. The number of hydrogen-bond donors (Lipinski definition) is 0. The summed E-state index contributed by atoms with van der Waals surface area (Å²) in [5.41, 5.74) is 0.433. The van der Waals surface area contributed by atoms with E-state index in [9.17, 15) is 4.79 Å². The summed E-state index contributed by atoms with van der Waals surface area (Å²) < 4.78 is 10.4. The van der Waals surface area contributed by atoms with Gasteiger partial charge in [-0.2, -0.15) is 0 Å². The zero-order valence-corrected chi connectivity index (χ0v) is 11.7. The fourth-order valence-electron chi connectivity index (χ4n) is 1.91. The molecule has 18 heavy (non-hydrogen) atoms. The van der Waals surface area contributed by atoms with Crippen LogP contribution >= 0.6 is 11.3 Å². The minimum absolute atomic E-state index is 0.339. The van der Waals surface area contributed by atoms with E-state index < -0.39 is 0 Å². The van der Waals surface area contributed by atoms with Crippen LogP contribution in [0.3, 0.4) is 0 Å². The van der Waals surface area contributed by atoms with E-state index >= 15 is 0 Å². The van der Waals surface area contributed by atoms with E-state index in [-0.39, 0.29) is 5.97 Å². The normalized spacial score (nSPS) is 18.9. The van der Waals surface area contributed by atoms with Crippen molar-refractivity contribution >= 4 is 22.4 Å². The SMILES string of the molecule is CCOC(=O)c1nc(N(C)C2CCOC2)sc1C. The Hall–Kier alpha value is -1.14. The van der Waals surface area contributed by atoms with Crippen molar-refractivity contribution in [3.05, 3.63) is 10.6 Å². The fraction of sp³-hybridized carbons (Fsp3) is 0.667. The molecule has 100 valence electrons. The Bertz CT molecular complexity index is 427. The average molecular weight is 270 g/mol. The van der Waals surface area contributed by atoms with E-state index in [0.29, 0.717) is 18.3 Å². The van der Waals surface area contributed by atoms with Gasteiger partial charge in [-0.1, -0.05) is 0 Å². The Labute approximate surface area is 111 Å². The van der Waals surface area contributed by atoms with Gasteiger partial charge in [-0.15, -0.1) is 11.3 Å². The molecule has 1 aliphatic rings. The molecule has 1 atom stereocenters. The highest BCUT2D eigenvalue weighted by Gasteiger charge is 2.25. The van der Waals surface area contributed by atoms with Crippen molar-refractivity contribution in [3.63, 3.8) is 0 Å². The van der Waals surface area contributed by atoms with Gasteiger partial charge in [-0.25, -0.2) is 9.78 Å². The van der Waals surface area contributed by atoms with Gasteiger partial charge in [0.15, 0.2) is 10.8 Å². The number of esters is 1. The summed E-state index contributed by atoms with van der Waals surface area (Å²) >= 11 is 1.52. The number of likely N-dealkylation sites (N-methyl/N-ethyl adjacent to an activating group) is 1. The van der Waals surface area contributed by atoms with Crippen LogP contribution in [0.15, 0.2) is 0 Å². The summed E-state index contributed by atoms with van der Waals surface area (Å²) in [4.78, 5) is 19.1. The second-order valence-electron chi connectivity index (χ2n) is 4.25. The third-order valence-corrected chi connectivity index (χ3v) is 4.07. The van der Waals surface area contributed by atoms with Crippen LogP contribution in [0, 0.1) is 6.92 Å². The van der Waals surface area contributed by atoms with Crippen molar-refractivity contribution in [2.24, 2.45) is 0 Å². The Morgan fingerprint density at radius 1 is 1.67 bits per heavy atom. The van der Waals surface area contributed by atoms with Gasteiger partial charge < -0.3 is 14.4 Å². The average Bonchev–Trinajstić information content (AvgIpc) is 2.97. The molecule has 1 aromatic rings. The lowest BCUT2D eigenvalue weighted by Gasteiger charge is -2.21. The van der Waals surface area contributed by atoms with Crippen molar-refractivity contribution in [1.82, 2.24) is 4.98 Å². The summed E-state index contributed by atoms with van der Waals surface area (Å²) in [5.74, 6) is -0.339. The minimum Gasteiger partial charge on any atom is -0.461 e. The molecule has 0 spiro atoms. The van der Waals surface area contributed by atoms with E-state index in [1.54, 1.807) is 6.92 Å². The van der Waals surface area contributed by atoms with Crippen molar-refractivity contribution in [3.8, 4) is 0 Å². The Morgan fingerprint density at radius 2 is 2.44 bits per heavy atom. The first-order valence-electron chi connectivity index (χ1n) is 6.08. The Balaban J connectivity index is 2.14. The highest BCUT2D eigenvalue weighted by Crippen LogP contribution is 2.28. The third-order valence-electron chi connectivity index (χ3n) is 3.01. The maximum absolute atomic E-state index is 11.7. The van der Waals surface area contributed by atoms with Gasteiger partial charge >= 0.3 is 5.97 Å². The van der Waals surface area contributed by atoms with E-state index in [1.165, 1.54) is 11.3 Å². The minimum atomic E-state index is -0.339. The molecule has 0 N–H and O–H groups in total. The first-order chi connectivity index (χ1) is 8.63. The van der Waals surface area contributed by atoms with Gasteiger partial charge in [0, 0.05) is 18.5 Å². The molecule has 0 radical (unpaired) electrons. The highest BCUT2D eigenvalue weighted by molar-refractivity contribution is 7.15. The van der Waals surface area contributed by atoms with E-state index in [1.807, 2.05) is 14.0 Å². The maximum Gasteiger partial charge on any atom is 0.358 e. The van der Waals surface area contributed by atoms with Crippen LogP contribution in [0.4, 0.5) is 5.13 Å². The second-order valence-corrected chi connectivity index (χ2v) is 5.43. The van der Waals surface area contributed by atoms with E-state index in [0.717, 1.165) is 29.6 Å². The summed E-state index contributed by atoms with van der Waals surface area (Å²) in [6.07, 6.45) is 1.00. The molecule has 1 aliphatic heterocycles. The molecule has 1 fully saturated rings. The first-order valence-corrected chi connectivity index (χ1v) is 6.90. The van der Waals surface area contributed by atoms with Crippen molar-refractivity contribution in [1.29, 1.82) is 0 Å². The predicted octanol–water partition coefficient (Wildman–Crippen LogP) is 1.85. The molecule has 1 saturated heterocycles. The number of carbonyl (C=O) groups excluding carboxylic acids is 1. The lowest BCUT2D eigenvalue weighted by molar-refractivity contribution is 0.0519. The van der Waals surface area contributed by atoms with Gasteiger partial charge in [0.25, 0.3) is 0 Å². The molecule has 0 bridgehead atoms. The predicted molar refractivity (Wildman–Crippen MR) is 70.4 cm³/mol. The molecule has 0 saturated carbocycles. The molecule has 6 heteroatoms. The van der Waals surface area contributed by atoms with Crippen LogP contribution in [0.1, 0.15) is 28.7 Å². The van der Waals surface area contributed by atoms with Crippen molar-refractivity contribution < 1.29 is 14.3 Å². The molecule has 0 aromatic carbocycles. The Morgan fingerprint density at radius 3 is 3.06 bits per heavy atom. The van der Waals surface area contributed by atoms with Crippen LogP contribution in [-0.2, 0) is 9.47 Å². The number of carbonyl (C=O) groups is 1. The van der Waals surface area contributed by atoms with Crippen molar-refractivity contribution in [2.75, 3.05) is 31.8 Å². The quantitative estimate of drug-likeness (QED) is 0.782. The van der Waals surface area contributed by atoms with Crippen LogP contribution in [0.5, 0.6) is 0 Å². The molecule has 0 aliphatic carbocycles. The second kappa shape index (κ2) is 5.67. The van der Waals surface area contributed by atoms with E-state index in [4.69, 9.17) is 9.47 Å². The number of aryl methyl sites for hydroxylation is 1. The number of nitrogens with zero attached hydrogens (tertiary/aromatic N) is 2. The topological polar surface area (TPSA) is 51.7 Å². The summed E-state index contributed by atoms with van der Waals surface area (Å²) in [5, 5.41) is 0.853. The molecular weight excluding hydrogens is 252 g/mol. The van der Waals surface area contributed by atoms with Gasteiger partial charge in [-0.05, 0) is 20.3 Å². The smallest absolute Gasteiger partial charge is 0.358 e. The molecule has 1 unspecified atom stereocenters. The number of anilines is 1. The molecule has 2 rings (SSSR count). The zero-order valence-electron chi connectivity index (χ0n) is 10.9. The summed E-state index contributed by atoms with van der Waals surface area (Å²) in [7, 11) is 1.99. The number of rotatable bonds is 4. The van der Waals surface area contributed by atoms with E-state index in [2.05, 4.69) is 9.88 Å². The largest absolute Gasteiger partial charge is 0.461 e. The van der Waals surface area contributed by atoms with Crippen LogP contribution < -0.4 is 4.90 Å². The third kappa shape index (κ3) is 2.64. The summed E-state index contributed by atoms with van der Waals surface area (Å²) in [6, 6.07) is 0.352. The number of aromatic nitrogens is 1. The zero-order chi connectivity index (χ0) is 13.1. The van der Waals surface area contributed by atoms with Crippen LogP contribution in [-0.4, -0.2) is 43.9 Å². The maximum atomic E-state index is 11.7. The molecule has 1 aromatic heterocycles. The monoisotopic (exact) mass is 270 g/mol.